The van der Waals surface area contributed by atoms with Crippen LogP contribution in [-0.2, 0) is 12.6 Å². The molecule has 0 spiro atoms. The average Bonchev–Trinajstić information content (AvgIpc) is 2.91. The van der Waals surface area contributed by atoms with Crippen LogP contribution in [0.5, 0.6) is 5.75 Å². The number of halogens is 2. The average molecular weight is 382 g/mol. The van der Waals surface area contributed by atoms with E-state index >= 15 is 0 Å². The Morgan fingerprint density at radius 2 is 2.13 bits per heavy atom. The lowest BCUT2D eigenvalue weighted by Crippen LogP contribution is -2.28. The van der Waals surface area contributed by atoms with Gasteiger partial charge in [-0.3, -0.25) is 9.48 Å². The summed E-state index contributed by atoms with van der Waals surface area (Å²) in [4.78, 5) is 22.8. The number of aromatic amines is 1. The number of hydrogen-bond acceptors (Lipinski definition) is 5. The van der Waals surface area contributed by atoms with Crippen LogP contribution in [0.1, 0.15) is 19.7 Å². The SMILES string of the molecule is Cn1cnc(C(C)(C)Oc2cc(F)c(Br)c3nc[nH]c(=O)c23)n1. The molecule has 0 bridgehead atoms. The highest BCUT2D eigenvalue weighted by Crippen LogP contribution is 2.34. The van der Waals surface area contributed by atoms with Gasteiger partial charge in [0.15, 0.2) is 11.4 Å². The van der Waals surface area contributed by atoms with Gasteiger partial charge in [0.05, 0.1) is 16.3 Å². The van der Waals surface area contributed by atoms with Gasteiger partial charge < -0.3 is 9.72 Å². The molecule has 3 rings (SSSR count). The number of fused-ring (bicyclic) bond motifs is 1. The fourth-order valence-electron chi connectivity index (χ4n) is 2.17. The zero-order valence-electron chi connectivity index (χ0n) is 12.6. The molecular formula is C14H13BrFN5O2. The Kier molecular flexibility index (Phi) is 3.67. The van der Waals surface area contributed by atoms with Crippen LogP contribution in [0.15, 0.2) is 28.0 Å². The number of ether oxygens (including phenoxy) is 1. The molecule has 3 aromatic rings. The van der Waals surface area contributed by atoms with Crippen LogP contribution in [-0.4, -0.2) is 24.7 Å². The first-order valence-corrected chi connectivity index (χ1v) is 7.49. The van der Waals surface area contributed by atoms with Gasteiger partial charge in [-0.25, -0.2) is 14.4 Å². The summed E-state index contributed by atoms with van der Waals surface area (Å²) in [6.07, 6.45) is 2.75. The number of H-pyrrole nitrogens is 1. The Balaban J connectivity index is 2.17. The van der Waals surface area contributed by atoms with Crippen LogP contribution in [0.25, 0.3) is 10.9 Å². The predicted octanol–water partition coefficient (Wildman–Crippen LogP) is 2.27. The molecule has 0 saturated carbocycles. The molecule has 1 N–H and O–H groups in total. The van der Waals surface area contributed by atoms with Gasteiger partial charge in [0, 0.05) is 13.1 Å². The van der Waals surface area contributed by atoms with Crippen molar-refractivity contribution in [1.29, 1.82) is 0 Å². The van der Waals surface area contributed by atoms with Crippen LogP contribution < -0.4 is 10.3 Å². The van der Waals surface area contributed by atoms with Gasteiger partial charge in [0.1, 0.15) is 23.3 Å². The first-order chi connectivity index (χ1) is 10.8. The monoisotopic (exact) mass is 381 g/mol. The van der Waals surface area contributed by atoms with Crippen molar-refractivity contribution in [3.8, 4) is 5.75 Å². The Hall–Kier alpha value is -2.29. The third-order valence-corrected chi connectivity index (χ3v) is 4.03. The fourth-order valence-corrected chi connectivity index (χ4v) is 2.59. The molecule has 0 radical (unpaired) electrons. The Labute approximate surface area is 138 Å². The van der Waals surface area contributed by atoms with Crippen LogP contribution >= 0.6 is 15.9 Å². The second-order valence-electron chi connectivity index (χ2n) is 5.48. The summed E-state index contributed by atoms with van der Waals surface area (Å²) in [5.41, 5.74) is -1.19. The normalized spacial score (nSPS) is 11.9. The van der Waals surface area contributed by atoms with E-state index in [4.69, 9.17) is 4.74 Å². The first kappa shape index (κ1) is 15.6. The molecule has 0 aliphatic carbocycles. The summed E-state index contributed by atoms with van der Waals surface area (Å²) in [6, 6.07) is 1.15. The topological polar surface area (TPSA) is 85.7 Å². The van der Waals surface area contributed by atoms with Crippen molar-refractivity contribution < 1.29 is 9.13 Å². The van der Waals surface area contributed by atoms with E-state index in [1.807, 2.05) is 0 Å². The van der Waals surface area contributed by atoms with E-state index < -0.39 is 17.0 Å². The molecule has 23 heavy (non-hydrogen) atoms. The molecule has 2 aromatic heterocycles. The molecule has 0 aliphatic heterocycles. The van der Waals surface area contributed by atoms with Crippen molar-refractivity contribution in [2.45, 2.75) is 19.4 Å². The minimum absolute atomic E-state index is 0.0764. The molecule has 9 heteroatoms. The summed E-state index contributed by atoms with van der Waals surface area (Å²) >= 11 is 3.10. The van der Waals surface area contributed by atoms with Crippen LogP contribution in [0.2, 0.25) is 0 Å². The highest BCUT2D eigenvalue weighted by molar-refractivity contribution is 9.10. The summed E-state index contributed by atoms with van der Waals surface area (Å²) in [7, 11) is 1.73. The summed E-state index contributed by atoms with van der Waals surface area (Å²) in [5.74, 6) is -0.0836. The third-order valence-electron chi connectivity index (χ3n) is 3.28. The maximum Gasteiger partial charge on any atom is 0.262 e. The number of nitrogens with zero attached hydrogens (tertiary/aromatic N) is 4. The molecule has 0 fully saturated rings. The molecule has 0 atom stereocenters. The Morgan fingerprint density at radius 3 is 2.78 bits per heavy atom. The van der Waals surface area contributed by atoms with Crippen molar-refractivity contribution in [3.05, 3.63) is 45.2 Å². The van der Waals surface area contributed by atoms with E-state index in [-0.39, 0.29) is 21.1 Å². The highest BCUT2D eigenvalue weighted by atomic mass is 79.9. The molecule has 7 nitrogen and oxygen atoms in total. The molecule has 1 aromatic carbocycles. The van der Waals surface area contributed by atoms with E-state index in [9.17, 15) is 9.18 Å². The number of benzene rings is 1. The minimum Gasteiger partial charge on any atom is -0.479 e. The van der Waals surface area contributed by atoms with Gasteiger partial charge in [-0.05, 0) is 29.8 Å². The molecule has 0 saturated heterocycles. The number of rotatable bonds is 3. The highest BCUT2D eigenvalue weighted by Gasteiger charge is 2.29. The van der Waals surface area contributed by atoms with E-state index in [1.165, 1.54) is 17.3 Å². The number of aromatic nitrogens is 5. The minimum atomic E-state index is -0.962. The second kappa shape index (κ2) is 5.41. The molecule has 0 aliphatic rings. The molecule has 120 valence electrons. The lowest BCUT2D eigenvalue weighted by Gasteiger charge is -2.24. The number of hydrogen-bond donors (Lipinski definition) is 1. The van der Waals surface area contributed by atoms with Crippen LogP contribution in [0.4, 0.5) is 4.39 Å². The van der Waals surface area contributed by atoms with Gasteiger partial charge in [0.25, 0.3) is 5.56 Å². The maximum atomic E-state index is 14.1. The van der Waals surface area contributed by atoms with Gasteiger partial charge in [-0.15, -0.1) is 0 Å². The lowest BCUT2D eigenvalue weighted by atomic mass is 10.1. The number of nitrogens with one attached hydrogen (secondary N) is 1. The zero-order valence-corrected chi connectivity index (χ0v) is 14.2. The smallest absolute Gasteiger partial charge is 0.262 e. The van der Waals surface area contributed by atoms with Crippen LogP contribution in [0, 0.1) is 5.82 Å². The van der Waals surface area contributed by atoms with Gasteiger partial charge in [-0.1, -0.05) is 0 Å². The van der Waals surface area contributed by atoms with Crippen molar-refractivity contribution in [2.75, 3.05) is 0 Å². The third kappa shape index (κ3) is 2.72. The molecular weight excluding hydrogens is 369 g/mol. The molecule has 0 amide bonds. The quantitative estimate of drug-likeness (QED) is 0.751. The van der Waals surface area contributed by atoms with E-state index in [2.05, 4.69) is 36.0 Å². The number of aryl methyl sites for hydroxylation is 1. The van der Waals surface area contributed by atoms with Crippen molar-refractivity contribution in [1.82, 2.24) is 24.7 Å². The maximum absolute atomic E-state index is 14.1. The predicted molar refractivity (Wildman–Crippen MR) is 84.7 cm³/mol. The summed E-state index contributed by atoms with van der Waals surface area (Å²) in [5, 5.41) is 4.35. The second-order valence-corrected chi connectivity index (χ2v) is 6.27. The van der Waals surface area contributed by atoms with Crippen molar-refractivity contribution in [2.24, 2.45) is 7.05 Å². The van der Waals surface area contributed by atoms with Gasteiger partial charge >= 0.3 is 0 Å². The van der Waals surface area contributed by atoms with Crippen molar-refractivity contribution in [3.63, 3.8) is 0 Å². The summed E-state index contributed by atoms with van der Waals surface area (Å²) in [6.45, 7) is 3.47. The lowest BCUT2D eigenvalue weighted by molar-refractivity contribution is 0.0998. The largest absolute Gasteiger partial charge is 0.479 e. The Morgan fingerprint density at radius 1 is 1.39 bits per heavy atom. The van der Waals surface area contributed by atoms with Gasteiger partial charge in [0.2, 0.25) is 0 Å². The van der Waals surface area contributed by atoms with E-state index in [0.717, 1.165) is 6.07 Å². The zero-order chi connectivity index (χ0) is 16.8. The first-order valence-electron chi connectivity index (χ1n) is 6.70. The molecule has 0 unspecified atom stereocenters. The summed E-state index contributed by atoms with van der Waals surface area (Å²) < 4.78 is 21.6. The fraction of sp³-hybridized carbons (Fsp3) is 0.286. The van der Waals surface area contributed by atoms with Crippen LogP contribution in [0.3, 0.4) is 0 Å². The molecule has 2 heterocycles. The van der Waals surface area contributed by atoms with Gasteiger partial charge in [-0.2, -0.15) is 5.10 Å². The van der Waals surface area contributed by atoms with E-state index in [1.54, 1.807) is 20.9 Å². The van der Waals surface area contributed by atoms with E-state index in [0.29, 0.717) is 5.82 Å². The van der Waals surface area contributed by atoms with Crippen molar-refractivity contribution >= 4 is 26.8 Å². The standard InChI is InChI=1S/C14H13BrFN5O2/c1-14(2,13-19-6-21(3)20-13)23-8-4-7(16)10(15)11-9(8)12(22)18-5-17-11/h4-6H,1-3H3,(H,17,18,22). The Bertz CT molecular complexity index is 950.